The number of ether oxygens (including phenoxy) is 1. The number of methoxy groups -OCH3 is 1. The molecule has 1 N–H and O–H groups in total. The second-order valence-corrected chi connectivity index (χ2v) is 5.48. The Kier molecular flexibility index (Phi) is 9.85. The van der Waals surface area contributed by atoms with Gasteiger partial charge in [0, 0.05) is 39.3 Å². The van der Waals surface area contributed by atoms with Crippen molar-refractivity contribution in [2.45, 2.75) is 13.8 Å². The number of amides is 1. The van der Waals surface area contributed by atoms with Gasteiger partial charge in [0.15, 0.2) is 0 Å². The molecule has 0 saturated carbocycles. The molecule has 25 heavy (non-hydrogen) atoms. The molecule has 9 heteroatoms. The van der Waals surface area contributed by atoms with Gasteiger partial charge in [0.25, 0.3) is 11.6 Å². The molecule has 0 aliphatic heterocycles. The summed E-state index contributed by atoms with van der Waals surface area (Å²) in [7, 11) is 4.84. The number of hydrogen-bond acceptors (Lipinski definition) is 6. The van der Waals surface area contributed by atoms with Crippen molar-refractivity contribution in [3.63, 3.8) is 0 Å². The Bertz CT molecular complexity index is 592. The van der Waals surface area contributed by atoms with Crippen LogP contribution in [0.1, 0.15) is 24.2 Å². The van der Waals surface area contributed by atoms with E-state index in [1.807, 2.05) is 0 Å². The van der Waals surface area contributed by atoms with Crippen molar-refractivity contribution < 1.29 is 26.9 Å². The second-order valence-electron chi connectivity index (χ2n) is 5.48. The van der Waals surface area contributed by atoms with Crippen LogP contribution < -0.4 is 27.4 Å². The number of nitrogens with one attached hydrogen (secondary N) is 1. The molecule has 0 aliphatic rings. The van der Waals surface area contributed by atoms with Crippen molar-refractivity contribution in [3.05, 3.63) is 27.8 Å². The quantitative estimate of drug-likeness (QED) is 0.429. The highest BCUT2D eigenvalue weighted by atomic mass is 35.5. The van der Waals surface area contributed by atoms with Gasteiger partial charge in [-0.2, -0.15) is 0 Å². The smallest absolute Gasteiger partial charge is 0.293 e. The number of nitro groups is 1. The molecule has 0 spiro atoms. The predicted molar refractivity (Wildman–Crippen MR) is 94.1 cm³/mol. The normalized spacial score (nSPS) is 10.2. The molecule has 0 saturated heterocycles. The van der Waals surface area contributed by atoms with E-state index in [9.17, 15) is 14.9 Å². The first-order valence-electron chi connectivity index (χ1n) is 7.89. The summed E-state index contributed by atoms with van der Waals surface area (Å²) in [4.78, 5) is 27.0. The SMILES string of the molecule is CCN(CC)CCNC(=O)c1cc([N+](=O)[O-])c(N(C)C)cc1OC.[Cl-]. The van der Waals surface area contributed by atoms with Gasteiger partial charge in [0.1, 0.15) is 11.4 Å². The number of anilines is 1. The minimum Gasteiger partial charge on any atom is -1.00 e. The van der Waals surface area contributed by atoms with Crippen molar-refractivity contribution in [1.29, 1.82) is 0 Å². The Balaban J connectivity index is 0.00000576. The van der Waals surface area contributed by atoms with E-state index in [2.05, 4.69) is 24.1 Å². The molecule has 0 radical (unpaired) electrons. The number of likely N-dealkylation sites (N-methyl/N-ethyl adjacent to an activating group) is 1. The van der Waals surface area contributed by atoms with Crippen LogP contribution in [0.15, 0.2) is 12.1 Å². The highest BCUT2D eigenvalue weighted by Crippen LogP contribution is 2.34. The van der Waals surface area contributed by atoms with Crippen molar-refractivity contribution >= 4 is 17.3 Å². The summed E-state index contributed by atoms with van der Waals surface area (Å²) in [5, 5.41) is 14.1. The number of carbonyl (C=O) groups is 1. The van der Waals surface area contributed by atoms with Crippen LogP contribution in [-0.2, 0) is 0 Å². The predicted octanol–water partition coefficient (Wildman–Crippen LogP) is -1.25. The lowest BCUT2D eigenvalue weighted by Crippen LogP contribution is -3.00. The summed E-state index contributed by atoms with van der Waals surface area (Å²) in [6.07, 6.45) is 0. The van der Waals surface area contributed by atoms with Gasteiger partial charge in [-0.15, -0.1) is 0 Å². The van der Waals surface area contributed by atoms with E-state index in [0.29, 0.717) is 18.0 Å². The van der Waals surface area contributed by atoms with E-state index in [-0.39, 0.29) is 29.6 Å². The highest BCUT2D eigenvalue weighted by Gasteiger charge is 2.23. The van der Waals surface area contributed by atoms with Crippen LogP contribution >= 0.6 is 0 Å². The molecule has 0 bridgehead atoms. The molecule has 0 atom stereocenters. The second kappa shape index (κ2) is 10.7. The van der Waals surface area contributed by atoms with E-state index in [1.54, 1.807) is 19.0 Å². The maximum absolute atomic E-state index is 12.4. The summed E-state index contributed by atoms with van der Waals surface area (Å²) >= 11 is 0. The zero-order valence-electron chi connectivity index (χ0n) is 15.3. The molecule has 1 rings (SSSR count). The zero-order valence-corrected chi connectivity index (χ0v) is 16.1. The summed E-state index contributed by atoms with van der Waals surface area (Å²) < 4.78 is 5.24. The lowest BCUT2D eigenvalue weighted by Gasteiger charge is -2.19. The third-order valence-corrected chi connectivity index (χ3v) is 3.83. The van der Waals surface area contributed by atoms with Crippen LogP contribution in [0, 0.1) is 10.1 Å². The minimum atomic E-state index is -0.499. The van der Waals surface area contributed by atoms with Gasteiger partial charge in [-0.25, -0.2) is 0 Å². The number of hydrogen-bond donors (Lipinski definition) is 1. The minimum absolute atomic E-state index is 0. The number of halogens is 1. The van der Waals surface area contributed by atoms with Gasteiger partial charge in [-0.05, 0) is 13.1 Å². The van der Waals surface area contributed by atoms with E-state index in [1.165, 1.54) is 19.2 Å². The molecule has 0 aliphatic carbocycles. The summed E-state index contributed by atoms with van der Waals surface area (Å²) in [6, 6.07) is 2.78. The third kappa shape index (κ3) is 6.06. The summed E-state index contributed by atoms with van der Waals surface area (Å²) in [6.45, 7) is 7.10. The van der Waals surface area contributed by atoms with Crippen LogP contribution in [0.4, 0.5) is 11.4 Å². The molecule has 0 aromatic heterocycles. The van der Waals surface area contributed by atoms with Gasteiger partial charge >= 0.3 is 0 Å². The average Bonchev–Trinajstić information content (AvgIpc) is 2.56. The lowest BCUT2D eigenvalue weighted by atomic mass is 10.1. The number of rotatable bonds is 9. The molecule has 0 fully saturated rings. The summed E-state index contributed by atoms with van der Waals surface area (Å²) in [5.74, 6) is -0.0722. The molecule has 8 nitrogen and oxygen atoms in total. The monoisotopic (exact) mass is 373 g/mol. The fraction of sp³-hybridized carbons (Fsp3) is 0.562. The standard InChI is InChI=1S/C16H26N4O4.ClH/c1-6-19(7-2)9-8-17-16(21)12-10-14(20(22)23)13(18(3)4)11-15(12)24-5;/h10-11H,6-9H2,1-5H3,(H,17,21);1H/p-1. The maximum Gasteiger partial charge on any atom is 0.293 e. The molecular weight excluding hydrogens is 348 g/mol. The van der Waals surface area contributed by atoms with Gasteiger partial charge < -0.3 is 32.3 Å². The van der Waals surface area contributed by atoms with Gasteiger partial charge in [0.2, 0.25) is 0 Å². The van der Waals surface area contributed by atoms with Crippen LogP contribution in [0.2, 0.25) is 0 Å². The molecule has 0 unspecified atom stereocenters. The fourth-order valence-corrected chi connectivity index (χ4v) is 2.37. The van der Waals surface area contributed by atoms with Crippen LogP contribution in [0.25, 0.3) is 0 Å². The topological polar surface area (TPSA) is 88.0 Å². The first-order chi connectivity index (χ1) is 11.3. The Morgan fingerprint density at radius 1 is 1.28 bits per heavy atom. The highest BCUT2D eigenvalue weighted by molar-refractivity contribution is 5.98. The third-order valence-electron chi connectivity index (χ3n) is 3.83. The van der Waals surface area contributed by atoms with Crippen molar-refractivity contribution in [3.8, 4) is 5.75 Å². The molecule has 0 heterocycles. The van der Waals surface area contributed by atoms with E-state index >= 15 is 0 Å². The van der Waals surface area contributed by atoms with Crippen molar-refractivity contribution in [1.82, 2.24) is 10.2 Å². The molecular formula is C16H26ClN4O4-. The van der Waals surface area contributed by atoms with Crippen molar-refractivity contribution in [2.24, 2.45) is 0 Å². The largest absolute Gasteiger partial charge is 1.00 e. The molecule has 142 valence electrons. The summed E-state index contributed by atoms with van der Waals surface area (Å²) in [5.41, 5.74) is 0.417. The first kappa shape index (κ1) is 22.9. The Labute approximate surface area is 154 Å². The first-order valence-corrected chi connectivity index (χ1v) is 7.89. The maximum atomic E-state index is 12.4. The van der Waals surface area contributed by atoms with Gasteiger partial charge in [0.05, 0.1) is 17.6 Å². The number of nitro benzene ring substituents is 1. The Morgan fingerprint density at radius 2 is 1.88 bits per heavy atom. The number of benzene rings is 1. The average molecular weight is 374 g/mol. The van der Waals surface area contributed by atoms with E-state index in [4.69, 9.17) is 4.74 Å². The fourth-order valence-electron chi connectivity index (χ4n) is 2.37. The van der Waals surface area contributed by atoms with Gasteiger partial charge in [-0.1, -0.05) is 13.8 Å². The van der Waals surface area contributed by atoms with Crippen LogP contribution in [0.5, 0.6) is 5.75 Å². The van der Waals surface area contributed by atoms with E-state index < -0.39 is 4.92 Å². The van der Waals surface area contributed by atoms with Crippen LogP contribution in [-0.4, -0.2) is 63.1 Å². The Hall–Kier alpha value is -2.06. The number of nitrogens with zero attached hydrogens (tertiary/aromatic N) is 3. The number of carbonyl (C=O) groups excluding carboxylic acids is 1. The van der Waals surface area contributed by atoms with E-state index in [0.717, 1.165) is 19.6 Å². The molecule has 1 amide bonds. The van der Waals surface area contributed by atoms with Crippen LogP contribution in [0.3, 0.4) is 0 Å². The molecule has 1 aromatic carbocycles. The zero-order chi connectivity index (χ0) is 18.3. The van der Waals surface area contributed by atoms with Gasteiger partial charge in [-0.3, -0.25) is 14.9 Å². The molecule has 1 aromatic rings. The Morgan fingerprint density at radius 3 is 2.32 bits per heavy atom. The van der Waals surface area contributed by atoms with Crippen molar-refractivity contribution in [2.75, 3.05) is 52.3 Å². The lowest BCUT2D eigenvalue weighted by molar-refractivity contribution is -0.384.